The van der Waals surface area contributed by atoms with E-state index >= 15 is 0 Å². The van der Waals surface area contributed by atoms with Crippen LogP contribution in [0.3, 0.4) is 0 Å². The number of halogens is 2. The lowest BCUT2D eigenvalue weighted by Gasteiger charge is -2.19. The molecule has 0 heterocycles. The Balaban J connectivity index is 2.76. The Kier molecular flexibility index (Phi) is 5.03. The largest absolute Gasteiger partial charge is 0.395 e. The van der Waals surface area contributed by atoms with Crippen LogP contribution < -0.4 is 0 Å². The van der Waals surface area contributed by atoms with Crippen LogP contribution >= 0.6 is 0 Å². The van der Waals surface area contributed by atoms with Gasteiger partial charge in [-0.05, 0) is 25.1 Å². The van der Waals surface area contributed by atoms with Crippen LogP contribution in [0.1, 0.15) is 12.5 Å². The summed E-state index contributed by atoms with van der Waals surface area (Å²) in [4.78, 5) is 13.1. The molecule has 0 aromatic heterocycles. The summed E-state index contributed by atoms with van der Waals surface area (Å²) in [5.41, 5.74) is 0.0337. The van der Waals surface area contributed by atoms with Crippen molar-refractivity contribution in [1.29, 1.82) is 0 Å². The average molecular weight is 243 g/mol. The molecule has 0 unspecified atom stereocenters. The minimum absolute atomic E-state index is 0.0337. The third-order valence-corrected chi connectivity index (χ3v) is 2.45. The van der Waals surface area contributed by atoms with Gasteiger partial charge < -0.3 is 10.0 Å². The second-order valence-corrected chi connectivity index (χ2v) is 3.61. The number of rotatable bonds is 5. The molecule has 17 heavy (non-hydrogen) atoms. The van der Waals surface area contributed by atoms with E-state index < -0.39 is 11.6 Å². The number of amides is 1. The number of hydrogen-bond acceptors (Lipinski definition) is 2. The zero-order valence-corrected chi connectivity index (χ0v) is 9.62. The molecule has 0 radical (unpaired) electrons. The maximum Gasteiger partial charge on any atom is 0.227 e. The van der Waals surface area contributed by atoms with E-state index in [4.69, 9.17) is 5.11 Å². The SMILES string of the molecule is CCN(CCO)C(=O)Cc1cc(F)ccc1F. The van der Waals surface area contributed by atoms with Crippen molar-refractivity contribution < 1.29 is 18.7 Å². The molecule has 0 atom stereocenters. The molecule has 3 nitrogen and oxygen atoms in total. The van der Waals surface area contributed by atoms with Gasteiger partial charge >= 0.3 is 0 Å². The van der Waals surface area contributed by atoms with Crippen molar-refractivity contribution in [2.75, 3.05) is 19.7 Å². The quantitative estimate of drug-likeness (QED) is 0.848. The predicted molar refractivity (Wildman–Crippen MR) is 59.4 cm³/mol. The summed E-state index contributed by atoms with van der Waals surface area (Å²) in [5, 5.41) is 8.75. The van der Waals surface area contributed by atoms with Crippen LogP contribution in [0.15, 0.2) is 18.2 Å². The van der Waals surface area contributed by atoms with Crippen molar-refractivity contribution in [2.24, 2.45) is 0 Å². The highest BCUT2D eigenvalue weighted by Crippen LogP contribution is 2.11. The lowest BCUT2D eigenvalue weighted by atomic mass is 10.1. The number of nitrogens with zero attached hydrogens (tertiary/aromatic N) is 1. The van der Waals surface area contributed by atoms with Crippen molar-refractivity contribution in [3.63, 3.8) is 0 Å². The van der Waals surface area contributed by atoms with Crippen LogP contribution in [0, 0.1) is 11.6 Å². The maximum absolute atomic E-state index is 13.3. The first-order valence-corrected chi connectivity index (χ1v) is 5.41. The van der Waals surface area contributed by atoms with Gasteiger partial charge in [-0.3, -0.25) is 4.79 Å². The number of aliphatic hydroxyl groups excluding tert-OH is 1. The van der Waals surface area contributed by atoms with Gasteiger partial charge in [-0.25, -0.2) is 8.78 Å². The van der Waals surface area contributed by atoms with Gasteiger partial charge in [-0.15, -0.1) is 0 Å². The first-order valence-electron chi connectivity index (χ1n) is 5.41. The smallest absolute Gasteiger partial charge is 0.227 e. The minimum atomic E-state index is -0.597. The summed E-state index contributed by atoms with van der Waals surface area (Å²) in [5.74, 6) is -1.50. The average Bonchev–Trinajstić information content (AvgIpc) is 2.30. The minimum Gasteiger partial charge on any atom is -0.395 e. The molecule has 0 fully saturated rings. The third-order valence-electron chi connectivity index (χ3n) is 2.45. The van der Waals surface area contributed by atoms with E-state index in [0.29, 0.717) is 6.54 Å². The second kappa shape index (κ2) is 6.30. The molecule has 5 heteroatoms. The lowest BCUT2D eigenvalue weighted by molar-refractivity contribution is -0.130. The van der Waals surface area contributed by atoms with E-state index in [-0.39, 0.29) is 31.0 Å². The summed E-state index contributed by atoms with van der Waals surface area (Å²) < 4.78 is 26.2. The molecule has 1 aromatic carbocycles. The maximum atomic E-state index is 13.3. The molecule has 0 spiro atoms. The molecular formula is C12H15F2NO2. The molecule has 0 bridgehead atoms. The Morgan fingerprint density at radius 3 is 2.71 bits per heavy atom. The van der Waals surface area contributed by atoms with Gasteiger partial charge in [0.1, 0.15) is 11.6 Å². The summed E-state index contributed by atoms with van der Waals surface area (Å²) in [7, 11) is 0. The van der Waals surface area contributed by atoms with E-state index in [1.807, 2.05) is 0 Å². The Bertz CT molecular complexity index is 396. The van der Waals surface area contributed by atoms with E-state index in [1.165, 1.54) is 4.90 Å². The van der Waals surface area contributed by atoms with E-state index in [0.717, 1.165) is 18.2 Å². The number of hydrogen-bond donors (Lipinski definition) is 1. The van der Waals surface area contributed by atoms with E-state index in [2.05, 4.69) is 0 Å². The van der Waals surface area contributed by atoms with Crippen LogP contribution in [0.5, 0.6) is 0 Å². The lowest BCUT2D eigenvalue weighted by Crippen LogP contribution is -2.34. The summed E-state index contributed by atoms with van der Waals surface area (Å²) in [6.07, 6.45) is -0.197. The molecule has 1 aromatic rings. The Morgan fingerprint density at radius 2 is 2.12 bits per heavy atom. The molecule has 1 rings (SSSR count). The summed E-state index contributed by atoms with van der Waals surface area (Å²) in [6, 6.07) is 3.02. The molecule has 1 amide bonds. The highest BCUT2D eigenvalue weighted by molar-refractivity contribution is 5.78. The zero-order chi connectivity index (χ0) is 12.8. The third kappa shape index (κ3) is 3.78. The van der Waals surface area contributed by atoms with Crippen LogP contribution in [-0.2, 0) is 11.2 Å². The molecule has 0 saturated heterocycles. The molecule has 1 N–H and O–H groups in total. The monoisotopic (exact) mass is 243 g/mol. The molecule has 0 aliphatic heterocycles. The van der Waals surface area contributed by atoms with Gasteiger partial charge in [-0.1, -0.05) is 0 Å². The fourth-order valence-electron chi connectivity index (χ4n) is 1.53. The number of carbonyl (C=O) groups excluding carboxylic acids is 1. The van der Waals surface area contributed by atoms with Gasteiger partial charge in [0.05, 0.1) is 13.0 Å². The normalized spacial score (nSPS) is 10.4. The fraction of sp³-hybridized carbons (Fsp3) is 0.417. The van der Waals surface area contributed by atoms with Crippen LogP contribution in [0.4, 0.5) is 8.78 Å². The molecule has 0 aliphatic carbocycles. The van der Waals surface area contributed by atoms with E-state index in [9.17, 15) is 13.6 Å². The standard InChI is InChI=1S/C12H15F2NO2/c1-2-15(5-6-16)12(17)8-9-7-10(13)3-4-11(9)14/h3-4,7,16H,2,5-6,8H2,1H3. The van der Waals surface area contributed by atoms with Crippen molar-refractivity contribution in [3.05, 3.63) is 35.4 Å². The van der Waals surface area contributed by atoms with Gasteiger partial charge in [-0.2, -0.15) is 0 Å². The summed E-state index contributed by atoms with van der Waals surface area (Å²) in [6.45, 7) is 2.24. The second-order valence-electron chi connectivity index (χ2n) is 3.61. The first kappa shape index (κ1) is 13.6. The van der Waals surface area contributed by atoms with Gasteiger partial charge in [0.25, 0.3) is 0 Å². The number of carbonyl (C=O) groups is 1. The van der Waals surface area contributed by atoms with Crippen molar-refractivity contribution >= 4 is 5.91 Å². The van der Waals surface area contributed by atoms with Gasteiger partial charge in [0.15, 0.2) is 0 Å². The summed E-state index contributed by atoms with van der Waals surface area (Å²) >= 11 is 0. The van der Waals surface area contributed by atoms with Crippen LogP contribution in [0.25, 0.3) is 0 Å². The topological polar surface area (TPSA) is 40.5 Å². The first-order chi connectivity index (χ1) is 8.08. The van der Waals surface area contributed by atoms with Gasteiger partial charge in [0, 0.05) is 18.7 Å². The van der Waals surface area contributed by atoms with Gasteiger partial charge in [0.2, 0.25) is 5.91 Å². The number of benzene rings is 1. The molecule has 94 valence electrons. The highest BCUT2D eigenvalue weighted by atomic mass is 19.1. The molecular weight excluding hydrogens is 228 g/mol. The van der Waals surface area contributed by atoms with Crippen LogP contribution in [-0.4, -0.2) is 35.6 Å². The predicted octanol–water partition coefficient (Wildman–Crippen LogP) is 1.35. The zero-order valence-electron chi connectivity index (χ0n) is 9.62. The van der Waals surface area contributed by atoms with Crippen molar-refractivity contribution in [2.45, 2.75) is 13.3 Å². The molecule has 0 saturated carbocycles. The fourth-order valence-corrected chi connectivity index (χ4v) is 1.53. The van der Waals surface area contributed by atoms with Crippen molar-refractivity contribution in [3.8, 4) is 0 Å². The van der Waals surface area contributed by atoms with E-state index in [1.54, 1.807) is 6.92 Å². The van der Waals surface area contributed by atoms with Crippen LogP contribution in [0.2, 0.25) is 0 Å². The Hall–Kier alpha value is -1.49. The highest BCUT2D eigenvalue weighted by Gasteiger charge is 2.14. The number of likely N-dealkylation sites (N-methyl/N-ethyl adjacent to an activating group) is 1. The Morgan fingerprint density at radius 1 is 1.41 bits per heavy atom. The number of aliphatic hydroxyl groups is 1. The molecule has 0 aliphatic rings. The van der Waals surface area contributed by atoms with Crippen molar-refractivity contribution in [1.82, 2.24) is 4.90 Å². The Labute approximate surface area is 98.7 Å².